The van der Waals surface area contributed by atoms with Crippen LogP contribution in [-0.4, -0.2) is 28.1 Å². The molecule has 1 fully saturated rings. The molecule has 0 spiro atoms. The number of hydrogen-bond donors (Lipinski definition) is 2. The number of aliphatic hydroxyl groups is 1. The molecule has 0 radical (unpaired) electrons. The summed E-state index contributed by atoms with van der Waals surface area (Å²) in [5.41, 5.74) is 0. The Balaban J connectivity index is 2.24. The molecule has 2 N–H and O–H groups in total. The lowest BCUT2D eigenvalue weighted by atomic mass is 9.89. The molecule has 4 nitrogen and oxygen atoms in total. The van der Waals surface area contributed by atoms with Crippen LogP contribution in [-0.2, 0) is 9.59 Å². The molecular weight excluding hydrogens is 292 g/mol. The third-order valence-corrected chi connectivity index (χ3v) is 4.73. The molecule has 132 valence electrons. The first-order valence-corrected chi connectivity index (χ1v) is 9.15. The van der Waals surface area contributed by atoms with Gasteiger partial charge in [-0.1, -0.05) is 51.2 Å². The molecule has 0 aromatic rings. The van der Waals surface area contributed by atoms with E-state index in [1.807, 2.05) is 6.08 Å². The van der Waals surface area contributed by atoms with Gasteiger partial charge in [-0.3, -0.25) is 9.59 Å². The van der Waals surface area contributed by atoms with Gasteiger partial charge in [-0.2, -0.15) is 0 Å². The number of carbonyl (C=O) groups excluding carboxylic acids is 1. The quantitative estimate of drug-likeness (QED) is 0.418. The number of Topliss-reactive ketones (excluding diaryl/α,β-unsaturated/α-hetero) is 1. The highest BCUT2D eigenvalue weighted by Crippen LogP contribution is 2.34. The molecular formula is C19H32O4. The van der Waals surface area contributed by atoms with Crippen molar-refractivity contribution in [3.63, 3.8) is 0 Å². The predicted molar refractivity (Wildman–Crippen MR) is 91.2 cm³/mol. The van der Waals surface area contributed by atoms with Gasteiger partial charge in [-0.25, -0.2) is 0 Å². The number of ketones is 1. The molecule has 0 heterocycles. The SMILES string of the molecule is CCCC(O)/C=C/C1CCC(=O)C1CCCCCCCC(=O)O. The van der Waals surface area contributed by atoms with E-state index in [9.17, 15) is 14.7 Å². The van der Waals surface area contributed by atoms with E-state index in [1.54, 1.807) is 0 Å². The van der Waals surface area contributed by atoms with E-state index in [0.717, 1.165) is 57.8 Å². The van der Waals surface area contributed by atoms with Gasteiger partial charge in [-0.15, -0.1) is 0 Å². The van der Waals surface area contributed by atoms with Gasteiger partial charge < -0.3 is 10.2 Å². The number of carboxylic acids is 1. The Hall–Kier alpha value is -1.16. The molecule has 1 aliphatic carbocycles. The Morgan fingerprint density at radius 3 is 2.65 bits per heavy atom. The maximum Gasteiger partial charge on any atom is 0.303 e. The van der Waals surface area contributed by atoms with Crippen molar-refractivity contribution in [1.82, 2.24) is 0 Å². The highest BCUT2D eigenvalue weighted by Gasteiger charge is 2.32. The average Bonchev–Trinajstić information content (AvgIpc) is 2.85. The molecule has 0 aromatic carbocycles. The van der Waals surface area contributed by atoms with E-state index in [0.29, 0.717) is 18.1 Å². The second kappa shape index (κ2) is 11.4. The van der Waals surface area contributed by atoms with Gasteiger partial charge in [0, 0.05) is 18.8 Å². The first-order valence-electron chi connectivity index (χ1n) is 9.15. The molecule has 1 rings (SSSR count). The first kappa shape index (κ1) is 19.9. The van der Waals surface area contributed by atoms with Crippen molar-refractivity contribution in [2.24, 2.45) is 11.8 Å². The minimum Gasteiger partial charge on any atom is -0.481 e. The summed E-state index contributed by atoms with van der Waals surface area (Å²) in [5, 5.41) is 18.4. The summed E-state index contributed by atoms with van der Waals surface area (Å²) in [4.78, 5) is 22.5. The van der Waals surface area contributed by atoms with Crippen molar-refractivity contribution in [2.45, 2.75) is 83.7 Å². The summed E-state index contributed by atoms with van der Waals surface area (Å²) in [5.74, 6) is 0.0667. The Labute approximate surface area is 140 Å². The molecule has 4 heteroatoms. The number of hydrogen-bond acceptors (Lipinski definition) is 3. The van der Waals surface area contributed by atoms with Crippen LogP contribution < -0.4 is 0 Å². The second-order valence-corrected chi connectivity index (χ2v) is 6.72. The van der Waals surface area contributed by atoms with Gasteiger partial charge in [0.25, 0.3) is 0 Å². The van der Waals surface area contributed by atoms with Crippen LogP contribution in [0.25, 0.3) is 0 Å². The highest BCUT2D eigenvalue weighted by molar-refractivity contribution is 5.83. The number of aliphatic hydroxyl groups excluding tert-OH is 1. The normalized spacial score (nSPS) is 22.8. The summed E-state index contributed by atoms with van der Waals surface area (Å²) in [6, 6.07) is 0. The van der Waals surface area contributed by atoms with Gasteiger partial charge in [-0.05, 0) is 31.6 Å². The number of aliphatic carboxylic acids is 1. The number of rotatable bonds is 12. The molecule has 0 aromatic heterocycles. The molecule has 23 heavy (non-hydrogen) atoms. The first-order chi connectivity index (χ1) is 11.0. The molecule has 0 bridgehead atoms. The summed E-state index contributed by atoms with van der Waals surface area (Å²) < 4.78 is 0. The third-order valence-electron chi connectivity index (χ3n) is 4.73. The maximum absolute atomic E-state index is 12.0. The smallest absolute Gasteiger partial charge is 0.303 e. The maximum atomic E-state index is 12.0. The van der Waals surface area contributed by atoms with Crippen molar-refractivity contribution in [2.75, 3.05) is 0 Å². The predicted octanol–water partition coefficient (Wildman–Crippen LogP) is 4.11. The van der Waals surface area contributed by atoms with E-state index in [-0.39, 0.29) is 18.4 Å². The molecule has 0 aliphatic heterocycles. The van der Waals surface area contributed by atoms with Crippen LogP contribution in [0.5, 0.6) is 0 Å². The zero-order valence-electron chi connectivity index (χ0n) is 14.4. The van der Waals surface area contributed by atoms with Crippen LogP contribution in [0.15, 0.2) is 12.2 Å². The van der Waals surface area contributed by atoms with E-state index >= 15 is 0 Å². The molecule has 0 saturated heterocycles. The van der Waals surface area contributed by atoms with Crippen LogP contribution in [0.3, 0.4) is 0 Å². The fraction of sp³-hybridized carbons (Fsp3) is 0.789. The molecule has 3 atom stereocenters. The molecule has 1 aliphatic rings. The van der Waals surface area contributed by atoms with Crippen molar-refractivity contribution in [3.8, 4) is 0 Å². The number of carbonyl (C=O) groups is 2. The summed E-state index contributed by atoms with van der Waals surface area (Å²) in [7, 11) is 0. The fourth-order valence-electron chi connectivity index (χ4n) is 3.37. The minimum atomic E-state index is -0.721. The summed E-state index contributed by atoms with van der Waals surface area (Å²) in [6.07, 6.45) is 12.9. The van der Waals surface area contributed by atoms with Gasteiger partial charge in [0.05, 0.1) is 6.10 Å². The second-order valence-electron chi connectivity index (χ2n) is 6.72. The van der Waals surface area contributed by atoms with Gasteiger partial charge in [0.2, 0.25) is 0 Å². The lowest BCUT2D eigenvalue weighted by molar-refractivity contribution is -0.137. The van der Waals surface area contributed by atoms with Crippen molar-refractivity contribution < 1.29 is 19.8 Å². The summed E-state index contributed by atoms with van der Waals surface area (Å²) >= 11 is 0. The number of allylic oxidation sites excluding steroid dienone is 1. The van der Waals surface area contributed by atoms with E-state index in [1.165, 1.54) is 0 Å². The zero-order valence-corrected chi connectivity index (χ0v) is 14.4. The van der Waals surface area contributed by atoms with Crippen LogP contribution in [0.2, 0.25) is 0 Å². The average molecular weight is 324 g/mol. The van der Waals surface area contributed by atoms with Gasteiger partial charge in [0.15, 0.2) is 0 Å². The zero-order chi connectivity index (χ0) is 17.1. The van der Waals surface area contributed by atoms with Crippen LogP contribution in [0, 0.1) is 11.8 Å². The van der Waals surface area contributed by atoms with E-state index in [2.05, 4.69) is 13.0 Å². The van der Waals surface area contributed by atoms with Gasteiger partial charge in [0.1, 0.15) is 5.78 Å². The Morgan fingerprint density at radius 2 is 1.96 bits per heavy atom. The largest absolute Gasteiger partial charge is 0.481 e. The van der Waals surface area contributed by atoms with Crippen LogP contribution >= 0.6 is 0 Å². The van der Waals surface area contributed by atoms with E-state index in [4.69, 9.17) is 5.11 Å². The fourth-order valence-corrected chi connectivity index (χ4v) is 3.37. The number of unbranched alkanes of at least 4 members (excludes halogenated alkanes) is 4. The lowest BCUT2D eigenvalue weighted by Crippen LogP contribution is -2.14. The van der Waals surface area contributed by atoms with Gasteiger partial charge >= 0.3 is 5.97 Å². The van der Waals surface area contributed by atoms with Crippen molar-refractivity contribution >= 4 is 11.8 Å². The Bertz CT molecular complexity index is 389. The molecule has 0 amide bonds. The Morgan fingerprint density at radius 1 is 1.26 bits per heavy atom. The van der Waals surface area contributed by atoms with Crippen LogP contribution in [0.4, 0.5) is 0 Å². The van der Waals surface area contributed by atoms with Crippen molar-refractivity contribution in [3.05, 3.63) is 12.2 Å². The standard InChI is InChI=1S/C19H32O4/c1-2-8-16(20)13-11-15-12-14-18(21)17(15)9-6-4-3-5-7-10-19(22)23/h11,13,15-17,20H,2-10,12,14H2,1H3,(H,22,23)/b13-11+. The molecule has 3 unspecified atom stereocenters. The third kappa shape index (κ3) is 8.31. The van der Waals surface area contributed by atoms with Crippen molar-refractivity contribution in [1.29, 1.82) is 0 Å². The number of carboxylic acid groups (broad SMARTS) is 1. The van der Waals surface area contributed by atoms with E-state index < -0.39 is 5.97 Å². The minimum absolute atomic E-state index is 0.124. The lowest BCUT2D eigenvalue weighted by Gasteiger charge is -2.15. The van der Waals surface area contributed by atoms with Crippen LogP contribution in [0.1, 0.15) is 77.6 Å². The highest BCUT2D eigenvalue weighted by atomic mass is 16.4. The molecule has 1 saturated carbocycles. The Kier molecular flexibility index (Phi) is 9.85. The topological polar surface area (TPSA) is 74.6 Å². The monoisotopic (exact) mass is 324 g/mol. The summed E-state index contributed by atoms with van der Waals surface area (Å²) in [6.45, 7) is 2.05.